The molecule has 2 fully saturated rings. The summed E-state index contributed by atoms with van der Waals surface area (Å²) in [6, 6.07) is 5.31. The van der Waals surface area contributed by atoms with E-state index in [9.17, 15) is 14.0 Å². The second kappa shape index (κ2) is 9.11. The van der Waals surface area contributed by atoms with Gasteiger partial charge in [-0.25, -0.2) is 24.1 Å². The molecule has 39 heavy (non-hydrogen) atoms. The number of alkyl halides is 1. The molecule has 0 aromatic carbocycles. The molecule has 10 nitrogen and oxygen atoms in total. The fraction of sp³-hybridized carbons (Fsp3) is 0.464. The zero-order valence-electron chi connectivity index (χ0n) is 22.3. The SMILES string of the molecule is C[C@@H]1OC(=O)c2ccc(Nc3cc4c(C(C)(C)N)cnc(OC5CN(C(=O)[C@H]6C[C@H]6F)C5)c4cn3)nc2[C@H]1C. The molecule has 1 saturated carbocycles. The van der Waals surface area contributed by atoms with Crippen LogP contribution in [0.25, 0.3) is 10.8 Å². The molecule has 4 atom stereocenters. The smallest absolute Gasteiger partial charge is 0.340 e. The van der Waals surface area contributed by atoms with Crippen molar-refractivity contribution in [3.8, 4) is 5.88 Å². The van der Waals surface area contributed by atoms with Crippen LogP contribution in [0.3, 0.4) is 0 Å². The van der Waals surface area contributed by atoms with E-state index in [0.717, 1.165) is 10.9 Å². The highest BCUT2D eigenvalue weighted by molar-refractivity contribution is 5.93. The number of nitrogens with zero attached hydrogens (tertiary/aromatic N) is 4. The quantitative estimate of drug-likeness (QED) is 0.455. The summed E-state index contributed by atoms with van der Waals surface area (Å²) in [4.78, 5) is 39.9. The van der Waals surface area contributed by atoms with Gasteiger partial charge in [0.15, 0.2) is 0 Å². The van der Waals surface area contributed by atoms with Crippen molar-refractivity contribution in [1.29, 1.82) is 0 Å². The second-order valence-corrected chi connectivity index (χ2v) is 11.3. The highest BCUT2D eigenvalue weighted by atomic mass is 19.1. The zero-order valence-corrected chi connectivity index (χ0v) is 22.3. The minimum Gasteiger partial charge on any atom is -0.470 e. The van der Waals surface area contributed by atoms with Crippen molar-refractivity contribution >= 4 is 34.3 Å². The Bertz CT molecular complexity index is 1480. The normalized spacial score (nSPS) is 24.6. The fourth-order valence-electron chi connectivity index (χ4n) is 5.04. The molecular formula is C28H31FN6O4. The lowest BCUT2D eigenvalue weighted by Gasteiger charge is -2.39. The molecule has 1 amide bonds. The van der Waals surface area contributed by atoms with Gasteiger partial charge in [0.2, 0.25) is 11.8 Å². The summed E-state index contributed by atoms with van der Waals surface area (Å²) in [5.74, 6) is 0.454. The summed E-state index contributed by atoms with van der Waals surface area (Å²) >= 11 is 0. The van der Waals surface area contributed by atoms with Gasteiger partial charge in [-0.3, -0.25) is 4.79 Å². The van der Waals surface area contributed by atoms with Crippen LogP contribution in [0, 0.1) is 5.92 Å². The molecule has 1 saturated heterocycles. The van der Waals surface area contributed by atoms with Crippen molar-refractivity contribution in [2.24, 2.45) is 11.7 Å². The molecular weight excluding hydrogens is 503 g/mol. The third-order valence-electron chi connectivity index (χ3n) is 7.73. The molecule has 5 heterocycles. The minimum absolute atomic E-state index is 0.0418. The summed E-state index contributed by atoms with van der Waals surface area (Å²) in [6.07, 6.45) is 2.19. The molecule has 2 aliphatic heterocycles. The Hall–Kier alpha value is -3.86. The van der Waals surface area contributed by atoms with E-state index in [1.807, 2.05) is 33.8 Å². The first-order chi connectivity index (χ1) is 18.5. The average Bonchev–Trinajstić information content (AvgIpc) is 3.59. The van der Waals surface area contributed by atoms with Crippen molar-refractivity contribution in [2.75, 3.05) is 18.4 Å². The molecule has 204 valence electrons. The van der Waals surface area contributed by atoms with Crippen molar-refractivity contribution in [3.63, 3.8) is 0 Å². The molecule has 3 N–H and O–H groups in total. The number of amides is 1. The number of nitrogens with two attached hydrogens (primary N) is 1. The largest absolute Gasteiger partial charge is 0.470 e. The van der Waals surface area contributed by atoms with Gasteiger partial charge in [0, 0.05) is 23.9 Å². The maximum Gasteiger partial charge on any atom is 0.340 e. The number of halogens is 1. The molecule has 11 heteroatoms. The Morgan fingerprint density at radius 1 is 1.18 bits per heavy atom. The van der Waals surface area contributed by atoms with Crippen LogP contribution >= 0.6 is 0 Å². The van der Waals surface area contributed by atoms with Crippen molar-refractivity contribution < 1.29 is 23.5 Å². The van der Waals surface area contributed by atoms with E-state index in [2.05, 4.69) is 15.3 Å². The van der Waals surface area contributed by atoms with E-state index in [4.69, 9.17) is 20.2 Å². The molecule has 1 aliphatic carbocycles. The van der Waals surface area contributed by atoms with Crippen molar-refractivity contribution in [3.05, 3.63) is 47.4 Å². The van der Waals surface area contributed by atoms with Crippen LogP contribution in [0.1, 0.15) is 61.6 Å². The van der Waals surface area contributed by atoms with Crippen LogP contribution in [-0.2, 0) is 15.1 Å². The molecule has 0 spiro atoms. The number of anilines is 2. The van der Waals surface area contributed by atoms with Gasteiger partial charge in [0.05, 0.1) is 35.7 Å². The van der Waals surface area contributed by atoms with Gasteiger partial charge in [-0.2, -0.15) is 0 Å². The first kappa shape index (κ1) is 25.4. The molecule has 3 aliphatic rings. The van der Waals surface area contributed by atoms with Crippen LogP contribution in [0.15, 0.2) is 30.6 Å². The second-order valence-electron chi connectivity index (χ2n) is 11.3. The van der Waals surface area contributed by atoms with Crippen LogP contribution in [-0.4, -0.2) is 63.2 Å². The van der Waals surface area contributed by atoms with E-state index < -0.39 is 17.6 Å². The molecule has 0 unspecified atom stereocenters. The maximum absolute atomic E-state index is 13.3. The van der Waals surface area contributed by atoms with E-state index >= 15 is 0 Å². The number of pyridine rings is 3. The number of rotatable bonds is 6. The number of nitrogens with one attached hydrogen (secondary N) is 1. The molecule has 3 aromatic heterocycles. The fourth-order valence-corrected chi connectivity index (χ4v) is 5.04. The predicted molar refractivity (Wildman–Crippen MR) is 142 cm³/mol. The topological polar surface area (TPSA) is 133 Å². The number of hydrogen-bond donors (Lipinski definition) is 2. The average molecular weight is 535 g/mol. The Kier molecular flexibility index (Phi) is 5.94. The number of aromatic nitrogens is 3. The van der Waals surface area contributed by atoms with Gasteiger partial charge < -0.3 is 25.4 Å². The Labute approximate surface area is 225 Å². The van der Waals surface area contributed by atoms with Gasteiger partial charge >= 0.3 is 5.97 Å². The molecule has 0 radical (unpaired) electrons. The van der Waals surface area contributed by atoms with E-state index in [1.54, 1.807) is 29.4 Å². The Balaban J connectivity index is 1.26. The molecule has 3 aromatic rings. The van der Waals surface area contributed by atoms with Gasteiger partial charge in [-0.15, -0.1) is 0 Å². The number of fused-ring (bicyclic) bond motifs is 2. The lowest BCUT2D eigenvalue weighted by atomic mass is 9.93. The minimum atomic E-state index is -1.01. The Morgan fingerprint density at radius 3 is 2.62 bits per heavy atom. The summed E-state index contributed by atoms with van der Waals surface area (Å²) in [7, 11) is 0. The van der Waals surface area contributed by atoms with Crippen LogP contribution in [0.4, 0.5) is 16.0 Å². The summed E-state index contributed by atoms with van der Waals surface area (Å²) in [5, 5.41) is 4.75. The lowest BCUT2D eigenvalue weighted by Crippen LogP contribution is -2.56. The number of carbonyl (C=O) groups is 2. The number of likely N-dealkylation sites (tertiary alicyclic amines) is 1. The number of ether oxygens (including phenoxy) is 2. The highest BCUT2D eigenvalue weighted by Crippen LogP contribution is 2.38. The van der Waals surface area contributed by atoms with Gasteiger partial charge in [0.25, 0.3) is 0 Å². The third kappa shape index (κ3) is 4.64. The predicted octanol–water partition coefficient (Wildman–Crippen LogP) is 3.57. The van der Waals surface area contributed by atoms with Gasteiger partial charge in [-0.05, 0) is 56.3 Å². The number of cyclic esters (lactones) is 1. The van der Waals surface area contributed by atoms with Crippen LogP contribution in [0.5, 0.6) is 5.88 Å². The number of hydrogen-bond acceptors (Lipinski definition) is 9. The van der Waals surface area contributed by atoms with Crippen LogP contribution < -0.4 is 15.8 Å². The number of esters is 1. The maximum atomic E-state index is 13.3. The summed E-state index contributed by atoms with van der Waals surface area (Å²) < 4.78 is 24.8. The highest BCUT2D eigenvalue weighted by Gasteiger charge is 2.48. The molecule has 6 rings (SSSR count). The zero-order chi connectivity index (χ0) is 27.6. The van der Waals surface area contributed by atoms with Crippen molar-refractivity contribution in [2.45, 2.75) is 64.0 Å². The van der Waals surface area contributed by atoms with E-state index in [-0.39, 0.29) is 30.0 Å². The summed E-state index contributed by atoms with van der Waals surface area (Å²) in [6.45, 7) is 8.43. The van der Waals surface area contributed by atoms with Crippen molar-refractivity contribution in [1.82, 2.24) is 19.9 Å². The first-order valence-corrected chi connectivity index (χ1v) is 13.2. The van der Waals surface area contributed by atoms with Crippen LogP contribution in [0.2, 0.25) is 0 Å². The lowest BCUT2D eigenvalue weighted by molar-refractivity contribution is -0.141. The third-order valence-corrected chi connectivity index (χ3v) is 7.73. The monoisotopic (exact) mass is 534 g/mol. The summed E-state index contributed by atoms with van der Waals surface area (Å²) in [5.41, 5.74) is 7.75. The van der Waals surface area contributed by atoms with E-state index in [0.29, 0.717) is 53.7 Å². The molecule has 0 bridgehead atoms. The van der Waals surface area contributed by atoms with E-state index in [1.165, 1.54) is 0 Å². The first-order valence-electron chi connectivity index (χ1n) is 13.2. The van der Waals surface area contributed by atoms with Gasteiger partial charge in [0.1, 0.15) is 30.0 Å². The van der Waals surface area contributed by atoms with Gasteiger partial charge in [-0.1, -0.05) is 6.92 Å². The standard InChI is InChI=1S/C28H31FN6O4/c1-13-14(2)38-27(37)16-5-6-22(34-24(13)16)33-23-8-17-19(9-31-23)25(32-10-20(17)28(3,4)30)39-15-11-35(12-15)26(36)18-7-21(18)29/h5-6,8-10,13-15,18,21H,7,11-12,30H2,1-4H3,(H,31,33,34)/t13-,14-,18-,21+/m0/s1. The Morgan fingerprint density at radius 2 is 1.92 bits per heavy atom. The number of carbonyl (C=O) groups excluding carboxylic acids is 2.